The number of halogens is 2. The van der Waals surface area contributed by atoms with E-state index < -0.39 is 0 Å². The van der Waals surface area contributed by atoms with E-state index in [1.54, 1.807) is 18.2 Å². The number of hydrogen-bond donors (Lipinski definition) is 2. The Bertz CT molecular complexity index is 400. The zero-order valence-electron chi connectivity index (χ0n) is 9.92. The minimum absolute atomic E-state index is 0.139. The van der Waals surface area contributed by atoms with Gasteiger partial charge in [0, 0.05) is 12.5 Å². The zero-order chi connectivity index (χ0) is 13.4. The van der Waals surface area contributed by atoms with Gasteiger partial charge in [0.1, 0.15) is 5.75 Å². The minimum Gasteiger partial charge on any atom is -0.494 e. The molecule has 3 N–H and O–H groups in total. The monoisotopic (exact) mass is 290 g/mol. The number of ether oxygens (including phenoxy) is 1. The quantitative estimate of drug-likeness (QED) is 0.351. The van der Waals surface area contributed by atoms with Crippen LogP contribution in [0.25, 0.3) is 0 Å². The van der Waals surface area contributed by atoms with E-state index in [0.717, 1.165) is 19.3 Å². The maximum Gasteiger partial charge on any atom is 0.233 e. The fourth-order valence-electron chi connectivity index (χ4n) is 1.39. The second kappa shape index (κ2) is 8.19. The Balaban J connectivity index is 2.14. The summed E-state index contributed by atoms with van der Waals surface area (Å²) in [6.45, 7) is 0.586. The van der Waals surface area contributed by atoms with Gasteiger partial charge in [-0.15, -0.1) is 0 Å². The molecule has 0 atom stereocenters. The summed E-state index contributed by atoms with van der Waals surface area (Å²) in [4.78, 5) is 10.8. The van der Waals surface area contributed by atoms with Gasteiger partial charge in [0.2, 0.25) is 5.91 Å². The number of carbonyl (C=O) groups excluding carboxylic acids is 1. The summed E-state index contributed by atoms with van der Waals surface area (Å²) in [5.41, 5.74) is 2.10. The second-order valence-electron chi connectivity index (χ2n) is 3.80. The molecular formula is C12H16Cl2N2O2. The summed E-state index contributed by atoms with van der Waals surface area (Å²) in [6.07, 6.45) is 3.03. The van der Waals surface area contributed by atoms with Crippen LogP contribution in [0.3, 0.4) is 0 Å². The van der Waals surface area contributed by atoms with E-state index in [1.165, 1.54) is 0 Å². The third-order valence-electron chi connectivity index (χ3n) is 2.37. The molecule has 4 nitrogen and oxygen atoms in total. The smallest absolute Gasteiger partial charge is 0.233 e. The molecule has 0 radical (unpaired) electrons. The van der Waals surface area contributed by atoms with Crippen LogP contribution in [0.15, 0.2) is 18.2 Å². The molecule has 0 fully saturated rings. The molecule has 0 aromatic heterocycles. The van der Waals surface area contributed by atoms with Gasteiger partial charge >= 0.3 is 0 Å². The van der Waals surface area contributed by atoms with Crippen molar-refractivity contribution in [2.24, 2.45) is 5.84 Å². The first-order valence-electron chi connectivity index (χ1n) is 5.71. The van der Waals surface area contributed by atoms with Crippen molar-refractivity contribution < 1.29 is 9.53 Å². The van der Waals surface area contributed by atoms with Gasteiger partial charge in [0.15, 0.2) is 0 Å². The van der Waals surface area contributed by atoms with Crippen LogP contribution in [0.2, 0.25) is 10.0 Å². The Morgan fingerprint density at radius 2 is 2.00 bits per heavy atom. The van der Waals surface area contributed by atoms with Crippen LogP contribution in [0, 0.1) is 0 Å². The van der Waals surface area contributed by atoms with Crippen molar-refractivity contribution in [2.75, 3.05) is 6.61 Å². The molecule has 0 spiro atoms. The van der Waals surface area contributed by atoms with E-state index in [0.29, 0.717) is 28.8 Å². The summed E-state index contributed by atoms with van der Waals surface area (Å²) in [7, 11) is 0. The maximum absolute atomic E-state index is 10.8. The highest BCUT2D eigenvalue weighted by Gasteiger charge is 2.01. The normalized spacial score (nSPS) is 10.2. The van der Waals surface area contributed by atoms with Crippen LogP contribution < -0.4 is 16.0 Å². The van der Waals surface area contributed by atoms with E-state index in [2.05, 4.69) is 5.43 Å². The van der Waals surface area contributed by atoms with Crippen molar-refractivity contribution >= 4 is 29.1 Å². The highest BCUT2D eigenvalue weighted by Crippen LogP contribution is 2.26. The van der Waals surface area contributed by atoms with Crippen molar-refractivity contribution in [1.82, 2.24) is 5.43 Å². The SMILES string of the molecule is NNC(=O)CCCCCOc1ccc(Cl)c(Cl)c1. The number of nitrogens with two attached hydrogens (primary N) is 1. The molecule has 1 rings (SSSR count). The number of carbonyl (C=O) groups is 1. The molecule has 1 amide bonds. The second-order valence-corrected chi connectivity index (χ2v) is 4.62. The number of rotatable bonds is 7. The highest BCUT2D eigenvalue weighted by molar-refractivity contribution is 6.42. The summed E-state index contributed by atoms with van der Waals surface area (Å²) in [5.74, 6) is 5.53. The Kier molecular flexibility index (Phi) is 6.86. The topological polar surface area (TPSA) is 64.3 Å². The third-order valence-corrected chi connectivity index (χ3v) is 3.11. The zero-order valence-corrected chi connectivity index (χ0v) is 11.4. The average Bonchev–Trinajstić information content (AvgIpc) is 2.37. The first-order valence-corrected chi connectivity index (χ1v) is 6.46. The molecule has 0 saturated carbocycles. The summed E-state index contributed by atoms with van der Waals surface area (Å²) in [6, 6.07) is 5.16. The van der Waals surface area contributed by atoms with Crippen LogP contribution in [0.5, 0.6) is 5.75 Å². The molecule has 0 heterocycles. The predicted octanol–water partition coefficient (Wildman–Crippen LogP) is 2.92. The van der Waals surface area contributed by atoms with Gasteiger partial charge in [-0.05, 0) is 31.4 Å². The molecule has 1 aromatic carbocycles. The van der Waals surface area contributed by atoms with Crippen LogP contribution >= 0.6 is 23.2 Å². The number of nitrogens with one attached hydrogen (secondary N) is 1. The molecule has 0 bridgehead atoms. The molecule has 18 heavy (non-hydrogen) atoms. The van der Waals surface area contributed by atoms with Gasteiger partial charge in [-0.3, -0.25) is 10.2 Å². The standard InChI is InChI=1S/C12H16Cl2N2O2/c13-10-6-5-9(8-11(10)14)18-7-3-1-2-4-12(17)16-15/h5-6,8H,1-4,7,15H2,(H,16,17). The van der Waals surface area contributed by atoms with Crippen molar-refractivity contribution in [3.63, 3.8) is 0 Å². The Labute approximate surface area is 116 Å². The minimum atomic E-state index is -0.139. The molecule has 0 aliphatic carbocycles. The van der Waals surface area contributed by atoms with Crippen LogP contribution in [0.1, 0.15) is 25.7 Å². The Morgan fingerprint density at radius 3 is 2.67 bits per heavy atom. The summed E-state index contributed by atoms with van der Waals surface area (Å²) in [5, 5.41) is 0.991. The first-order chi connectivity index (χ1) is 8.63. The molecule has 0 aliphatic heterocycles. The van der Waals surface area contributed by atoms with Gasteiger partial charge in [-0.1, -0.05) is 23.2 Å². The third kappa shape index (κ3) is 5.58. The van der Waals surface area contributed by atoms with Crippen molar-refractivity contribution in [3.05, 3.63) is 28.2 Å². The largest absolute Gasteiger partial charge is 0.494 e. The molecule has 0 saturated heterocycles. The molecule has 0 unspecified atom stereocenters. The number of benzene rings is 1. The van der Waals surface area contributed by atoms with Crippen molar-refractivity contribution in [1.29, 1.82) is 0 Å². The number of hydrazine groups is 1. The van der Waals surface area contributed by atoms with Gasteiger partial charge in [-0.2, -0.15) is 0 Å². The average molecular weight is 291 g/mol. The highest BCUT2D eigenvalue weighted by atomic mass is 35.5. The molecule has 100 valence electrons. The molecule has 0 aliphatic rings. The van der Waals surface area contributed by atoms with Crippen molar-refractivity contribution in [3.8, 4) is 5.75 Å². The van der Waals surface area contributed by atoms with Gasteiger partial charge in [0.05, 0.1) is 16.7 Å². The van der Waals surface area contributed by atoms with Gasteiger partial charge in [0.25, 0.3) is 0 Å². The Hall–Kier alpha value is -0.970. The van der Waals surface area contributed by atoms with Crippen LogP contribution in [-0.2, 0) is 4.79 Å². The van der Waals surface area contributed by atoms with Crippen LogP contribution in [0.4, 0.5) is 0 Å². The lowest BCUT2D eigenvalue weighted by Gasteiger charge is -2.06. The van der Waals surface area contributed by atoms with Gasteiger partial charge < -0.3 is 4.74 Å². The number of unbranched alkanes of at least 4 members (excludes halogenated alkanes) is 2. The van der Waals surface area contributed by atoms with Crippen molar-refractivity contribution in [2.45, 2.75) is 25.7 Å². The fraction of sp³-hybridized carbons (Fsp3) is 0.417. The van der Waals surface area contributed by atoms with E-state index in [-0.39, 0.29) is 5.91 Å². The maximum atomic E-state index is 10.8. The molecule has 1 aromatic rings. The van der Waals surface area contributed by atoms with Crippen LogP contribution in [-0.4, -0.2) is 12.5 Å². The first kappa shape index (κ1) is 15.1. The van der Waals surface area contributed by atoms with E-state index in [1.807, 2.05) is 0 Å². The molecule has 6 heteroatoms. The predicted molar refractivity (Wildman–Crippen MR) is 72.8 cm³/mol. The number of hydrogen-bond acceptors (Lipinski definition) is 3. The fourth-order valence-corrected chi connectivity index (χ4v) is 1.68. The summed E-state index contributed by atoms with van der Waals surface area (Å²) < 4.78 is 5.51. The number of amides is 1. The van der Waals surface area contributed by atoms with E-state index >= 15 is 0 Å². The Morgan fingerprint density at radius 1 is 1.22 bits per heavy atom. The molecular weight excluding hydrogens is 275 g/mol. The lowest BCUT2D eigenvalue weighted by Crippen LogP contribution is -2.29. The van der Waals surface area contributed by atoms with E-state index in [4.69, 9.17) is 33.8 Å². The van der Waals surface area contributed by atoms with E-state index in [9.17, 15) is 4.79 Å². The summed E-state index contributed by atoms with van der Waals surface area (Å²) >= 11 is 11.6. The lowest BCUT2D eigenvalue weighted by molar-refractivity contribution is -0.121. The van der Waals surface area contributed by atoms with Gasteiger partial charge in [-0.25, -0.2) is 5.84 Å². The lowest BCUT2D eigenvalue weighted by atomic mass is 10.2.